The molecule has 0 aromatic carbocycles. The zero-order valence-electron chi connectivity index (χ0n) is 15.1. The van der Waals surface area contributed by atoms with Crippen LogP contribution in [0.1, 0.15) is 43.6 Å². The lowest BCUT2D eigenvalue weighted by Crippen LogP contribution is -2.29. The van der Waals surface area contributed by atoms with Crippen LogP contribution in [0.3, 0.4) is 0 Å². The Morgan fingerprint density at radius 1 is 1.40 bits per heavy atom. The molecule has 1 fully saturated rings. The van der Waals surface area contributed by atoms with Gasteiger partial charge in [0.1, 0.15) is 4.83 Å². The van der Waals surface area contributed by atoms with Gasteiger partial charge in [0.25, 0.3) is 5.56 Å². The number of hydrogen-bond acceptors (Lipinski definition) is 5. The average molecular weight is 380 g/mol. The number of H-pyrrole nitrogens is 1. The van der Waals surface area contributed by atoms with Crippen LogP contribution < -0.4 is 5.56 Å². The highest BCUT2D eigenvalue weighted by Gasteiger charge is 2.20. The minimum atomic E-state index is -0.0798. The average Bonchev–Trinajstić information content (AvgIpc) is 3.21. The second-order valence-electron chi connectivity index (χ2n) is 6.78. The Bertz CT molecular complexity index is 822. The lowest BCUT2D eigenvalue weighted by Gasteiger charge is -2.14. The summed E-state index contributed by atoms with van der Waals surface area (Å²) in [6, 6.07) is 0. The SMILES string of the molecule is CC[C@@H](C)Cc1c(C)sc2nc(SCC(=O)N3CCCC3)[nH]c(=O)c12. The number of thioether (sulfide) groups is 1. The summed E-state index contributed by atoms with van der Waals surface area (Å²) in [5, 5.41) is 1.28. The third kappa shape index (κ3) is 4.08. The van der Waals surface area contributed by atoms with E-state index >= 15 is 0 Å². The first-order chi connectivity index (χ1) is 12.0. The second kappa shape index (κ2) is 7.91. The van der Waals surface area contributed by atoms with Crippen molar-refractivity contribution in [1.29, 1.82) is 0 Å². The molecule has 0 aliphatic carbocycles. The molecule has 3 heterocycles. The number of aromatic amines is 1. The summed E-state index contributed by atoms with van der Waals surface area (Å²) in [5.74, 6) is 1.01. The van der Waals surface area contributed by atoms with E-state index in [-0.39, 0.29) is 11.5 Å². The molecule has 1 amide bonds. The van der Waals surface area contributed by atoms with Gasteiger partial charge < -0.3 is 9.88 Å². The molecule has 1 atom stereocenters. The molecule has 3 rings (SSSR count). The minimum Gasteiger partial charge on any atom is -0.342 e. The number of hydrogen-bond donors (Lipinski definition) is 1. The van der Waals surface area contributed by atoms with Gasteiger partial charge in [0, 0.05) is 18.0 Å². The van der Waals surface area contributed by atoms with Crippen molar-refractivity contribution in [2.24, 2.45) is 5.92 Å². The largest absolute Gasteiger partial charge is 0.342 e. The molecule has 2 aromatic heterocycles. The van der Waals surface area contributed by atoms with Gasteiger partial charge in [-0.2, -0.15) is 0 Å². The molecule has 0 radical (unpaired) electrons. The Kier molecular flexibility index (Phi) is 5.84. The Morgan fingerprint density at radius 3 is 2.80 bits per heavy atom. The van der Waals surface area contributed by atoms with Crippen LogP contribution in [0.5, 0.6) is 0 Å². The number of carbonyl (C=O) groups is 1. The first kappa shape index (κ1) is 18.5. The second-order valence-corrected chi connectivity index (χ2v) is 8.95. The predicted octanol–water partition coefficient (Wildman–Crippen LogP) is 3.60. The van der Waals surface area contributed by atoms with Gasteiger partial charge in [-0.3, -0.25) is 9.59 Å². The minimum absolute atomic E-state index is 0.0798. The van der Waals surface area contributed by atoms with E-state index in [0.29, 0.717) is 16.8 Å². The van der Waals surface area contributed by atoms with Crippen molar-refractivity contribution in [2.75, 3.05) is 18.8 Å². The van der Waals surface area contributed by atoms with Crippen molar-refractivity contribution in [2.45, 2.75) is 51.6 Å². The number of carbonyl (C=O) groups excluding carboxylic acids is 1. The molecule has 1 saturated heterocycles. The molecular weight excluding hydrogens is 354 g/mol. The maximum absolute atomic E-state index is 12.6. The molecule has 25 heavy (non-hydrogen) atoms. The summed E-state index contributed by atoms with van der Waals surface area (Å²) >= 11 is 2.91. The van der Waals surface area contributed by atoms with E-state index < -0.39 is 0 Å². The van der Waals surface area contributed by atoms with Crippen LogP contribution in [0.15, 0.2) is 9.95 Å². The number of thiophene rings is 1. The fraction of sp³-hybridized carbons (Fsp3) is 0.611. The van der Waals surface area contributed by atoms with Gasteiger partial charge in [-0.1, -0.05) is 32.0 Å². The number of fused-ring (bicyclic) bond motifs is 1. The van der Waals surface area contributed by atoms with Crippen LogP contribution in [0.4, 0.5) is 0 Å². The van der Waals surface area contributed by atoms with Crippen molar-refractivity contribution in [3.63, 3.8) is 0 Å². The molecule has 5 nitrogen and oxygen atoms in total. The summed E-state index contributed by atoms with van der Waals surface area (Å²) in [4.78, 5) is 36.1. The lowest BCUT2D eigenvalue weighted by molar-refractivity contribution is -0.127. The van der Waals surface area contributed by atoms with Crippen molar-refractivity contribution in [1.82, 2.24) is 14.9 Å². The van der Waals surface area contributed by atoms with Crippen LogP contribution in [0, 0.1) is 12.8 Å². The first-order valence-electron chi connectivity index (χ1n) is 8.92. The molecule has 0 spiro atoms. The van der Waals surface area contributed by atoms with E-state index in [9.17, 15) is 9.59 Å². The zero-order chi connectivity index (χ0) is 18.0. The van der Waals surface area contributed by atoms with Crippen LogP contribution in [-0.4, -0.2) is 39.6 Å². The Morgan fingerprint density at radius 2 is 2.12 bits per heavy atom. The van der Waals surface area contributed by atoms with Gasteiger partial charge in [-0.25, -0.2) is 4.98 Å². The van der Waals surface area contributed by atoms with Gasteiger partial charge in [-0.15, -0.1) is 11.3 Å². The highest BCUT2D eigenvalue weighted by Crippen LogP contribution is 2.30. The van der Waals surface area contributed by atoms with Crippen molar-refractivity contribution in [3.8, 4) is 0 Å². The van der Waals surface area contributed by atoms with Crippen LogP contribution >= 0.6 is 23.1 Å². The fourth-order valence-corrected chi connectivity index (χ4v) is 5.03. The Hall–Kier alpha value is -1.34. The fourth-order valence-electron chi connectivity index (χ4n) is 3.15. The van der Waals surface area contributed by atoms with Gasteiger partial charge in [-0.05, 0) is 37.7 Å². The van der Waals surface area contributed by atoms with E-state index in [2.05, 4.69) is 30.7 Å². The maximum atomic E-state index is 12.6. The lowest BCUT2D eigenvalue weighted by atomic mass is 9.98. The number of nitrogens with zero attached hydrogens (tertiary/aromatic N) is 2. The molecule has 136 valence electrons. The third-order valence-electron chi connectivity index (χ3n) is 4.88. The number of aryl methyl sites for hydroxylation is 1. The van der Waals surface area contributed by atoms with Crippen LogP contribution in [0.25, 0.3) is 10.2 Å². The van der Waals surface area contributed by atoms with Gasteiger partial charge in [0.05, 0.1) is 11.1 Å². The van der Waals surface area contributed by atoms with Crippen molar-refractivity contribution < 1.29 is 4.79 Å². The molecule has 1 N–H and O–H groups in total. The van der Waals surface area contributed by atoms with E-state index in [1.165, 1.54) is 16.6 Å². The van der Waals surface area contributed by atoms with Gasteiger partial charge in [0.2, 0.25) is 5.91 Å². The molecule has 7 heteroatoms. The molecule has 0 unspecified atom stereocenters. The summed E-state index contributed by atoms with van der Waals surface area (Å²) < 4.78 is 0. The first-order valence-corrected chi connectivity index (χ1v) is 10.7. The van der Waals surface area contributed by atoms with E-state index in [1.807, 2.05) is 4.90 Å². The van der Waals surface area contributed by atoms with E-state index in [4.69, 9.17) is 0 Å². The van der Waals surface area contributed by atoms with Gasteiger partial charge in [0.15, 0.2) is 5.16 Å². The monoisotopic (exact) mass is 379 g/mol. The predicted molar refractivity (Wildman–Crippen MR) is 105 cm³/mol. The molecule has 2 aromatic rings. The molecule has 1 aliphatic rings. The number of aromatic nitrogens is 2. The van der Waals surface area contributed by atoms with Gasteiger partial charge >= 0.3 is 0 Å². The number of likely N-dealkylation sites (tertiary alicyclic amines) is 1. The quantitative estimate of drug-likeness (QED) is 0.615. The summed E-state index contributed by atoms with van der Waals surface area (Å²) in [6.45, 7) is 8.14. The normalized spacial score (nSPS) is 15.9. The number of rotatable bonds is 6. The van der Waals surface area contributed by atoms with E-state index in [0.717, 1.165) is 54.6 Å². The van der Waals surface area contributed by atoms with E-state index in [1.54, 1.807) is 11.3 Å². The highest BCUT2D eigenvalue weighted by atomic mass is 32.2. The van der Waals surface area contributed by atoms with Crippen molar-refractivity contribution >= 4 is 39.2 Å². The summed E-state index contributed by atoms with van der Waals surface area (Å²) in [6.07, 6.45) is 4.18. The molecular formula is C18H25N3O2S2. The zero-order valence-corrected chi connectivity index (χ0v) is 16.7. The number of amides is 1. The molecule has 0 saturated carbocycles. The summed E-state index contributed by atoms with van der Waals surface area (Å²) in [7, 11) is 0. The van der Waals surface area contributed by atoms with Crippen LogP contribution in [-0.2, 0) is 11.2 Å². The highest BCUT2D eigenvalue weighted by molar-refractivity contribution is 7.99. The number of nitrogens with one attached hydrogen (secondary N) is 1. The Labute approximate surface area is 156 Å². The molecule has 1 aliphatic heterocycles. The Balaban J connectivity index is 1.80. The summed E-state index contributed by atoms with van der Waals surface area (Å²) in [5.41, 5.74) is 1.05. The van der Waals surface area contributed by atoms with Crippen LogP contribution in [0.2, 0.25) is 0 Å². The third-order valence-corrected chi connectivity index (χ3v) is 6.78. The standard InChI is InChI=1S/C18H25N3O2S2/c1-4-11(2)9-13-12(3)25-17-15(13)16(23)19-18(20-17)24-10-14(22)21-7-5-6-8-21/h11H,4-10H2,1-3H3,(H,19,20,23)/t11-/m1/s1. The smallest absolute Gasteiger partial charge is 0.260 e. The molecule has 0 bridgehead atoms. The van der Waals surface area contributed by atoms with Crippen molar-refractivity contribution in [3.05, 3.63) is 20.8 Å². The maximum Gasteiger partial charge on any atom is 0.260 e. The topological polar surface area (TPSA) is 66.1 Å².